The Morgan fingerprint density at radius 3 is 1.32 bits per heavy atom. The Balaban J connectivity index is -0.000000165. The largest absolute Gasteiger partial charge is 1.00 e. The minimum atomic E-state index is -3.12. The Morgan fingerprint density at radius 2 is 1.16 bits per heavy atom. The van der Waals surface area contributed by atoms with Crippen molar-refractivity contribution in [3.8, 4) is 0 Å². The Labute approximate surface area is 143 Å². The minimum absolute atomic E-state index is 0. The summed E-state index contributed by atoms with van der Waals surface area (Å²) in [5.74, 6) is 0. The molecule has 0 saturated heterocycles. The zero-order valence-electron chi connectivity index (χ0n) is 13.0. The fourth-order valence-electron chi connectivity index (χ4n) is 1.66. The quantitative estimate of drug-likeness (QED) is 0.492. The SMILES string of the molecule is CCCC[PH+](CCCC)CCCC.O=[P+]([O-])O.[Na+].[OH-]. The van der Waals surface area contributed by atoms with E-state index in [1.54, 1.807) is 18.5 Å². The monoisotopic (exact) mass is 323 g/mol. The van der Waals surface area contributed by atoms with Gasteiger partial charge in [-0.15, -0.1) is 0 Å². The van der Waals surface area contributed by atoms with Crippen LogP contribution >= 0.6 is 16.2 Å². The minimum Gasteiger partial charge on any atom is -0.870 e. The zero-order valence-corrected chi connectivity index (χ0v) is 16.9. The van der Waals surface area contributed by atoms with Gasteiger partial charge in [-0.25, -0.2) is 0 Å². The van der Waals surface area contributed by atoms with E-state index < -0.39 is 8.25 Å². The molecule has 0 bridgehead atoms. The zero-order chi connectivity index (χ0) is 13.5. The van der Waals surface area contributed by atoms with Gasteiger partial charge in [0.2, 0.25) is 0 Å². The molecule has 0 aromatic rings. The number of unbranched alkanes of at least 4 members (excludes halogenated alkanes) is 3. The molecule has 0 heterocycles. The molecule has 0 aliphatic rings. The van der Waals surface area contributed by atoms with E-state index in [-0.39, 0.29) is 43.0 Å². The fraction of sp³-hybridized carbons (Fsp3) is 1.00. The number of hydrogen-bond acceptors (Lipinski definition) is 3. The van der Waals surface area contributed by atoms with Gasteiger partial charge in [-0.05, 0) is 23.8 Å². The van der Waals surface area contributed by atoms with E-state index in [0.29, 0.717) is 0 Å². The first-order valence-corrected chi connectivity index (χ1v) is 10.00. The first-order chi connectivity index (χ1) is 8.08. The molecule has 0 radical (unpaired) electrons. The summed E-state index contributed by atoms with van der Waals surface area (Å²) in [5, 5.41) is 0. The summed E-state index contributed by atoms with van der Waals surface area (Å²) in [5.41, 5.74) is 0. The maximum Gasteiger partial charge on any atom is 1.00 e. The van der Waals surface area contributed by atoms with Gasteiger partial charge in [-0.1, -0.05) is 40.0 Å². The van der Waals surface area contributed by atoms with Crippen LogP contribution in [0.5, 0.6) is 0 Å². The van der Waals surface area contributed by atoms with Gasteiger partial charge < -0.3 is 10.4 Å². The van der Waals surface area contributed by atoms with Crippen molar-refractivity contribution in [1.82, 2.24) is 0 Å². The van der Waals surface area contributed by atoms with Gasteiger partial charge in [0, 0.05) is 7.92 Å². The van der Waals surface area contributed by atoms with Crippen molar-refractivity contribution >= 4 is 16.2 Å². The molecule has 0 aliphatic heterocycles. The molecular weight excluding hydrogens is 293 g/mol. The molecule has 2 N–H and O–H groups in total. The van der Waals surface area contributed by atoms with Crippen molar-refractivity contribution in [2.24, 2.45) is 0 Å². The van der Waals surface area contributed by atoms with Crippen LogP contribution in [0.1, 0.15) is 59.3 Å². The Hall–Kier alpha value is 1.41. The molecule has 7 heteroatoms. The third-order valence-corrected chi connectivity index (χ3v) is 5.83. The van der Waals surface area contributed by atoms with Crippen LogP contribution in [-0.4, -0.2) is 28.9 Å². The maximum absolute atomic E-state index is 8.59. The van der Waals surface area contributed by atoms with Gasteiger partial charge in [0.1, 0.15) is 0 Å². The molecule has 1 unspecified atom stereocenters. The van der Waals surface area contributed by atoms with E-state index in [1.165, 1.54) is 38.5 Å². The first-order valence-electron chi connectivity index (χ1n) is 6.75. The topological polar surface area (TPSA) is 90.4 Å². The Morgan fingerprint density at radius 1 is 0.947 bits per heavy atom. The van der Waals surface area contributed by atoms with Gasteiger partial charge in [0.25, 0.3) is 0 Å². The molecule has 1 atom stereocenters. The summed E-state index contributed by atoms with van der Waals surface area (Å²) < 4.78 is 8.59. The molecule has 0 saturated carbocycles. The van der Waals surface area contributed by atoms with E-state index in [4.69, 9.17) is 14.4 Å². The third-order valence-electron chi connectivity index (χ3n) is 2.65. The second kappa shape index (κ2) is 24.4. The van der Waals surface area contributed by atoms with Gasteiger partial charge in [0.05, 0.1) is 18.5 Å². The van der Waals surface area contributed by atoms with E-state index in [9.17, 15) is 0 Å². The first kappa shape index (κ1) is 28.6. The van der Waals surface area contributed by atoms with Gasteiger partial charge in [-0.2, -0.15) is 4.89 Å². The van der Waals surface area contributed by atoms with E-state index in [0.717, 1.165) is 0 Å². The number of hydrogen-bond donors (Lipinski definition) is 1. The van der Waals surface area contributed by atoms with Crippen LogP contribution in [0.4, 0.5) is 0 Å². The molecule has 0 aliphatic carbocycles. The molecule has 0 aromatic carbocycles. The molecule has 4 nitrogen and oxygen atoms in total. The van der Waals surface area contributed by atoms with Crippen molar-refractivity contribution in [2.45, 2.75) is 59.3 Å². The van der Waals surface area contributed by atoms with Crippen LogP contribution < -0.4 is 34.5 Å². The van der Waals surface area contributed by atoms with Crippen LogP contribution in [-0.2, 0) is 4.57 Å². The fourth-order valence-corrected chi connectivity index (χ4v) is 4.97. The summed E-state index contributed by atoms with van der Waals surface area (Å²) >= 11 is 0. The molecule has 0 aromatic heterocycles. The summed E-state index contributed by atoms with van der Waals surface area (Å²) in [6.45, 7) is 6.96. The van der Waals surface area contributed by atoms with Gasteiger partial charge >= 0.3 is 37.8 Å². The molecule has 112 valence electrons. The van der Waals surface area contributed by atoms with E-state index in [2.05, 4.69) is 20.8 Å². The maximum atomic E-state index is 8.59. The van der Waals surface area contributed by atoms with Crippen LogP contribution in [0.25, 0.3) is 0 Å². The van der Waals surface area contributed by atoms with Crippen molar-refractivity contribution in [2.75, 3.05) is 18.5 Å². The third kappa shape index (κ3) is 32.7. The standard InChI is InChI=1S/C12H27P.Na.HO3P.H2O/c1-4-7-10-13(11-8-5-2)12-9-6-3;;1-4(2)3;/h4-12H2,1-3H3;;(H,1,2,3);1H2/q;+1;;. The number of rotatable bonds is 9. The molecule has 0 spiro atoms. The Kier molecular flexibility index (Phi) is 36.7. The van der Waals surface area contributed by atoms with E-state index >= 15 is 0 Å². The smallest absolute Gasteiger partial charge is 0.870 e. The second-order valence-corrected chi connectivity index (χ2v) is 7.77. The van der Waals surface area contributed by atoms with Crippen molar-refractivity contribution in [3.63, 3.8) is 0 Å². The summed E-state index contributed by atoms with van der Waals surface area (Å²) in [7, 11) is -3.05. The summed E-state index contributed by atoms with van der Waals surface area (Å²) in [6.07, 6.45) is 13.4. The second-order valence-electron chi connectivity index (χ2n) is 4.30. The molecular formula is C12H30NaO4P2+. The van der Waals surface area contributed by atoms with Gasteiger partial charge in [-0.3, -0.25) is 0 Å². The van der Waals surface area contributed by atoms with Crippen LogP contribution in [0.2, 0.25) is 0 Å². The Bertz CT molecular complexity index is 151. The normalized spacial score (nSPS) is 9.89. The molecule has 19 heavy (non-hydrogen) atoms. The van der Waals surface area contributed by atoms with Crippen molar-refractivity contribution in [3.05, 3.63) is 0 Å². The molecule has 0 fully saturated rings. The van der Waals surface area contributed by atoms with E-state index in [1.807, 2.05) is 0 Å². The molecule has 0 rings (SSSR count). The van der Waals surface area contributed by atoms with Crippen LogP contribution in [0, 0.1) is 0 Å². The summed E-state index contributed by atoms with van der Waals surface area (Å²) in [6, 6.07) is 0. The predicted octanol–water partition coefficient (Wildman–Crippen LogP) is 0.425. The van der Waals surface area contributed by atoms with Crippen LogP contribution in [0.15, 0.2) is 0 Å². The summed E-state index contributed by atoms with van der Waals surface area (Å²) in [4.78, 5) is 15.6. The average Bonchev–Trinajstić information content (AvgIpc) is 2.27. The van der Waals surface area contributed by atoms with Gasteiger partial charge in [0.15, 0.2) is 0 Å². The predicted molar refractivity (Wildman–Crippen MR) is 79.4 cm³/mol. The molecule has 0 amide bonds. The van der Waals surface area contributed by atoms with Crippen molar-refractivity contribution in [1.29, 1.82) is 0 Å². The van der Waals surface area contributed by atoms with Crippen LogP contribution in [0.3, 0.4) is 0 Å². The van der Waals surface area contributed by atoms with Crippen molar-refractivity contribution < 1.29 is 49.4 Å². The average molecular weight is 323 g/mol.